The molecule has 0 saturated carbocycles. The van der Waals surface area contributed by atoms with Gasteiger partial charge in [-0.25, -0.2) is 4.98 Å². The van der Waals surface area contributed by atoms with Gasteiger partial charge in [-0.2, -0.15) is 0 Å². The molecule has 3 aromatic carbocycles. The van der Waals surface area contributed by atoms with Gasteiger partial charge in [-0.1, -0.05) is 66.7 Å². The molecule has 23 heavy (non-hydrogen) atoms. The summed E-state index contributed by atoms with van der Waals surface area (Å²) in [5.74, 6) is 1.09. The molecule has 5 rings (SSSR count). The highest BCUT2D eigenvalue weighted by Gasteiger charge is 2.28. The molecule has 0 amide bonds. The van der Waals surface area contributed by atoms with Crippen molar-refractivity contribution < 1.29 is 0 Å². The lowest BCUT2D eigenvalue weighted by Crippen LogP contribution is -2.19. The lowest BCUT2D eigenvalue weighted by atomic mass is 9.91. The van der Waals surface area contributed by atoms with Gasteiger partial charge in [0.2, 0.25) is 0 Å². The van der Waals surface area contributed by atoms with Crippen molar-refractivity contribution in [2.24, 2.45) is 0 Å². The van der Waals surface area contributed by atoms with Gasteiger partial charge in [0, 0.05) is 5.56 Å². The number of para-hydroxylation sites is 2. The summed E-state index contributed by atoms with van der Waals surface area (Å²) in [6.07, 6.45) is 1.01. The van der Waals surface area contributed by atoms with Crippen LogP contribution in [0.4, 0.5) is 0 Å². The van der Waals surface area contributed by atoms with Crippen LogP contribution in [0.5, 0.6) is 0 Å². The second-order valence-electron chi connectivity index (χ2n) is 6.08. The average molecular weight is 296 g/mol. The Bertz CT molecular complexity index is 999. The van der Waals surface area contributed by atoms with E-state index in [2.05, 4.69) is 83.4 Å². The van der Waals surface area contributed by atoms with E-state index in [-0.39, 0.29) is 0 Å². The van der Waals surface area contributed by atoms with Crippen LogP contribution < -0.4 is 0 Å². The minimum atomic E-state index is 0.300. The SMILES string of the molecule is c1ccc(C2Cc3ccccc3-c3nc4ccccc4n32)cc1. The number of fused-ring (bicyclic) bond motifs is 5. The fourth-order valence-electron chi connectivity index (χ4n) is 3.71. The van der Waals surface area contributed by atoms with E-state index in [1.807, 2.05) is 0 Å². The summed E-state index contributed by atoms with van der Waals surface area (Å²) < 4.78 is 2.41. The van der Waals surface area contributed by atoms with Crippen molar-refractivity contribution in [2.45, 2.75) is 12.5 Å². The minimum absolute atomic E-state index is 0.300. The highest BCUT2D eigenvalue weighted by molar-refractivity contribution is 5.82. The second-order valence-corrected chi connectivity index (χ2v) is 6.08. The molecule has 1 unspecified atom stereocenters. The van der Waals surface area contributed by atoms with Gasteiger partial charge in [0.15, 0.2) is 0 Å². The van der Waals surface area contributed by atoms with Gasteiger partial charge in [0.1, 0.15) is 5.82 Å². The van der Waals surface area contributed by atoms with Crippen LogP contribution in [0.15, 0.2) is 78.9 Å². The predicted octanol–water partition coefficient (Wildman–Crippen LogP) is 4.85. The first-order chi connectivity index (χ1) is 11.4. The van der Waals surface area contributed by atoms with Gasteiger partial charge in [0.05, 0.1) is 17.1 Å². The van der Waals surface area contributed by atoms with Gasteiger partial charge in [0.25, 0.3) is 0 Å². The van der Waals surface area contributed by atoms with Crippen LogP contribution in [-0.2, 0) is 6.42 Å². The molecule has 2 heteroatoms. The molecular formula is C21H16N2. The van der Waals surface area contributed by atoms with E-state index in [1.54, 1.807) is 0 Å². The second kappa shape index (κ2) is 4.82. The summed E-state index contributed by atoms with van der Waals surface area (Å²) in [7, 11) is 0. The number of nitrogens with zero attached hydrogens (tertiary/aromatic N) is 2. The summed E-state index contributed by atoms with van der Waals surface area (Å²) in [6, 6.07) is 28.1. The van der Waals surface area contributed by atoms with E-state index in [0.29, 0.717) is 6.04 Å². The molecule has 0 spiro atoms. The normalized spacial score (nSPS) is 16.1. The highest BCUT2D eigenvalue weighted by atomic mass is 15.1. The Balaban J connectivity index is 1.85. The van der Waals surface area contributed by atoms with Crippen LogP contribution in [0, 0.1) is 0 Å². The van der Waals surface area contributed by atoms with Gasteiger partial charge < -0.3 is 4.57 Å². The molecule has 0 N–H and O–H groups in total. The van der Waals surface area contributed by atoms with E-state index in [1.165, 1.54) is 22.2 Å². The quantitative estimate of drug-likeness (QED) is 0.491. The van der Waals surface area contributed by atoms with E-state index in [4.69, 9.17) is 4.98 Å². The largest absolute Gasteiger partial charge is 0.316 e. The molecule has 1 aliphatic rings. The summed E-state index contributed by atoms with van der Waals surface area (Å²) in [5.41, 5.74) is 6.26. The Morgan fingerprint density at radius 2 is 1.52 bits per heavy atom. The third kappa shape index (κ3) is 1.85. The smallest absolute Gasteiger partial charge is 0.141 e. The van der Waals surface area contributed by atoms with Crippen molar-refractivity contribution in [3.63, 3.8) is 0 Å². The Morgan fingerprint density at radius 1 is 0.783 bits per heavy atom. The van der Waals surface area contributed by atoms with Crippen LogP contribution in [0.25, 0.3) is 22.4 Å². The van der Waals surface area contributed by atoms with Crippen molar-refractivity contribution >= 4 is 11.0 Å². The van der Waals surface area contributed by atoms with Crippen LogP contribution in [-0.4, -0.2) is 9.55 Å². The lowest BCUT2D eigenvalue weighted by molar-refractivity contribution is 0.588. The number of hydrogen-bond acceptors (Lipinski definition) is 1. The standard InChI is InChI=1S/C21H16N2/c1-2-8-15(9-3-1)20-14-16-10-4-5-11-17(16)21-22-18-12-6-7-13-19(18)23(20)21/h1-13,20H,14H2. The molecule has 1 atom stereocenters. The average Bonchev–Trinajstić information content (AvgIpc) is 3.02. The molecule has 0 aliphatic carbocycles. The molecule has 0 saturated heterocycles. The number of imidazole rings is 1. The molecule has 1 aliphatic heterocycles. The minimum Gasteiger partial charge on any atom is -0.316 e. The van der Waals surface area contributed by atoms with Crippen LogP contribution in [0.1, 0.15) is 17.2 Å². The molecule has 2 heterocycles. The van der Waals surface area contributed by atoms with Crippen molar-refractivity contribution in [1.29, 1.82) is 0 Å². The van der Waals surface area contributed by atoms with Crippen LogP contribution >= 0.6 is 0 Å². The van der Waals surface area contributed by atoms with Crippen molar-refractivity contribution in [2.75, 3.05) is 0 Å². The van der Waals surface area contributed by atoms with Gasteiger partial charge in [-0.05, 0) is 29.7 Å². The Kier molecular flexibility index (Phi) is 2.65. The number of hydrogen-bond donors (Lipinski definition) is 0. The van der Waals surface area contributed by atoms with Gasteiger partial charge >= 0.3 is 0 Å². The summed E-state index contributed by atoms with van der Waals surface area (Å²) in [4.78, 5) is 4.93. The van der Waals surface area contributed by atoms with Crippen LogP contribution in [0.2, 0.25) is 0 Å². The van der Waals surface area contributed by atoms with E-state index in [9.17, 15) is 0 Å². The third-order valence-corrected chi connectivity index (χ3v) is 4.76. The van der Waals surface area contributed by atoms with Gasteiger partial charge in [-0.15, -0.1) is 0 Å². The van der Waals surface area contributed by atoms with Crippen LogP contribution in [0.3, 0.4) is 0 Å². The fraction of sp³-hybridized carbons (Fsp3) is 0.0952. The fourth-order valence-corrected chi connectivity index (χ4v) is 3.71. The predicted molar refractivity (Wildman–Crippen MR) is 93.5 cm³/mol. The molecule has 110 valence electrons. The van der Waals surface area contributed by atoms with Gasteiger partial charge in [-0.3, -0.25) is 0 Å². The summed E-state index contributed by atoms with van der Waals surface area (Å²) >= 11 is 0. The maximum absolute atomic E-state index is 4.93. The maximum atomic E-state index is 4.93. The van der Waals surface area contributed by atoms with E-state index >= 15 is 0 Å². The Morgan fingerprint density at radius 3 is 2.43 bits per heavy atom. The van der Waals surface area contributed by atoms with E-state index in [0.717, 1.165) is 17.8 Å². The monoisotopic (exact) mass is 296 g/mol. The molecule has 1 aromatic heterocycles. The molecule has 0 bridgehead atoms. The number of rotatable bonds is 1. The Hall–Kier alpha value is -2.87. The Labute approximate surface area is 135 Å². The zero-order valence-corrected chi connectivity index (χ0v) is 12.7. The van der Waals surface area contributed by atoms with Crippen molar-refractivity contribution in [3.05, 3.63) is 90.0 Å². The van der Waals surface area contributed by atoms with Crippen molar-refractivity contribution in [3.8, 4) is 11.4 Å². The van der Waals surface area contributed by atoms with E-state index < -0.39 is 0 Å². The first kappa shape index (κ1) is 12.7. The zero-order chi connectivity index (χ0) is 15.2. The first-order valence-electron chi connectivity index (χ1n) is 8.02. The highest BCUT2D eigenvalue weighted by Crippen LogP contribution is 2.39. The molecule has 2 nitrogen and oxygen atoms in total. The molecule has 4 aromatic rings. The summed E-state index contributed by atoms with van der Waals surface area (Å²) in [5, 5.41) is 0. The molecule has 0 radical (unpaired) electrons. The number of benzene rings is 3. The number of aromatic nitrogens is 2. The third-order valence-electron chi connectivity index (χ3n) is 4.76. The maximum Gasteiger partial charge on any atom is 0.141 e. The topological polar surface area (TPSA) is 17.8 Å². The molecule has 0 fully saturated rings. The lowest BCUT2D eigenvalue weighted by Gasteiger charge is -2.28. The first-order valence-corrected chi connectivity index (χ1v) is 8.02. The zero-order valence-electron chi connectivity index (χ0n) is 12.7. The summed E-state index contributed by atoms with van der Waals surface area (Å²) in [6.45, 7) is 0. The molecular weight excluding hydrogens is 280 g/mol. The van der Waals surface area contributed by atoms with Crippen molar-refractivity contribution in [1.82, 2.24) is 9.55 Å².